The lowest BCUT2D eigenvalue weighted by molar-refractivity contribution is -0.133. The summed E-state index contributed by atoms with van der Waals surface area (Å²) in [5.41, 5.74) is 0.744. The lowest BCUT2D eigenvalue weighted by atomic mass is 9.87. The molecule has 2 heterocycles. The van der Waals surface area contributed by atoms with Crippen LogP contribution in [0.1, 0.15) is 36.5 Å². The van der Waals surface area contributed by atoms with Crippen LogP contribution in [-0.2, 0) is 4.79 Å². The zero-order valence-electron chi connectivity index (χ0n) is 14.7. The number of carbonyl (C=O) groups is 2. The van der Waals surface area contributed by atoms with Gasteiger partial charge in [0, 0.05) is 49.1 Å². The Bertz CT molecular complexity index is 612. The molecule has 0 aliphatic carbocycles. The maximum Gasteiger partial charge on any atom is 0.222 e. The minimum absolute atomic E-state index is 0.0442. The molecule has 0 radical (unpaired) electrons. The van der Waals surface area contributed by atoms with Gasteiger partial charge in [0.2, 0.25) is 5.91 Å². The molecule has 2 saturated heterocycles. The third-order valence-corrected chi connectivity index (χ3v) is 5.54. The summed E-state index contributed by atoms with van der Waals surface area (Å²) in [7, 11) is 0. The molecule has 3 rings (SSSR count). The van der Waals surface area contributed by atoms with Crippen LogP contribution in [0.2, 0.25) is 5.02 Å². The van der Waals surface area contributed by atoms with Crippen molar-refractivity contribution in [3.8, 4) is 0 Å². The molecule has 2 fully saturated rings. The van der Waals surface area contributed by atoms with Crippen LogP contribution in [0.5, 0.6) is 0 Å². The summed E-state index contributed by atoms with van der Waals surface area (Å²) < 4.78 is 0. The van der Waals surface area contributed by atoms with E-state index in [1.165, 1.54) is 0 Å². The first-order valence-electron chi connectivity index (χ1n) is 9.13. The molecule has 2 atom stereocenters. The molecule has 2 aliphatic rings. The van der Waals surface area contributed by atoms with Gasteiger partial charge < -0.3 is 10.2 Å². The van der Waals surface area contributed by atoms with Crippen LogP contribution in [0.3, 0.4) is 0 Å². The molecule has 0 bridgehead atoms. The number of halogens is 1. The normalized spacial score (nSPS) is 25.0. The second-order valence-corrected chi connectivity index (χ2v) is 7.27. The van der Waals surface area contributed by atoms with E-state index in [4.69, 9.17) is 11.6 Å². The van der Waals surface area contributed by atoms with E-state index in [2.05, 4.69) is 10.2 Å². The molecule has 0 aromatic heterocycles. The van der Waals surface area contributed by atoms with Crippen molar-refractivity contribution in [2.45, 2.75) is 32.4 Å². The van der Waals surface area contributed by atoms with E-state index in [0.29, 0.717) is 11.4 Å². The van der Waals surface area contributed by atoms with Gasteiger partial charge in [0.25, 0.3) is 0 Å². The SMILES string of the molecule is CCC(=O)N1CCN(C2CC(C(=O)c3ccc(Cl)cc3)CCN2)CC1. The van der Waals surface area contributed by atoms with Crippen molar-refractivity contribution in [3.63, 3.8) is 0 Å². The fourth-order valence-corrected chi connectivity index (χ4v) is 3.89. The maximum absolute atomic E-state index is 12.8. The summed E-state index contributed by atoms with van der Waals surface area (Å²) in [5.74, 6) is 0.484. The number of nitrogens with zero attached hydrogens (tertiary/aromatic N) is 2. The number of ketones is 1. The van der Waals surface area contributed by atoms with Crippen LogP contribution in [-0.4, -0.2) is 60.4 Å². The lowest BCUT2D eigenvalue weighted by Crippen LogP contribution is -2.58. The number of rotatable bonds is 4. The van der Waals surface area contributed by atoms with Gasteiger partial charge in [0.1, 0.15) is 0 Å². The quantitative estimate of drug-likeness (QED) is 0.835. The molecule has 136 valence electrons. The summed E-state index contributed by atoms with van der Waals surface area (Å²) in [4.78, 5) is 28.9. The maximum atomic E-state index is 12.8. The van der Waals surface area contributed by atoms with Crippen molar-refractivity contribution in [2.75, 3.05) is 32.7 Å². The number of nitrogens with one attached hydrogen (secondary N) is 1. The van der Waals surface area contributed by atoms with Gasteiger partial charge in [-0.05, 0) is 43.7 Å². The fraction of sp³-hybridized carbons (Fsp3) is 0.579. The van der Waals surface area contributed by atoms with Gasteiger partial charge in [0.05, 0.1) is 6.17 Å². The zero-order chi connectivity index (χ0) is 17.8. The van der Waals surface area contributed by atoms with Crippen molar-refractivity contribution >= 4 is 23.3 Å². The Balaban J connectivity index is 1.57. The highest BCUT2D eigenvalue weighted by Gasteiger charge is 2.32. The molecular formula is C19H26ClN3O2. The van der Waals surface area contributed by atoms with Crippen molar-refractivity contribution in [1.29, 1.82) is 0 Å². The van der Waals surface area contributed by atoms with Crippen molar-refractivity contribution in [2.24, 2.45) is 5.92 Å². The minimum atomic E-state index is 0.0442. The molecule has 1 aromatic carbocycles. The minimum Gasteiger partial charge on any atom is -0.340 e. The highest BCUT2D eigenvalue weighted by molar-refractivity contribution is 6.30. The second kappa shape index (κ2) is 8.30. The Morgan fingerprint density at radius 1 is 1.16 bits per heavy atom. The van der Waals surface area contributed by atoms with E-state index < -0.39 is 0 Å². The lowest BCUT2D eigenvalue weighted by Gasteiger charge is -2.42. The van der Waals surface area contributed by atoms with Gasteiger partial charge in [-0.1, -0.05) is 18.5 Å². The van der Waals surface area contributed by atoms with Crippen LogP contribution in [0.4, 0.5) is 0 Å². The molecular weight excluding hydrogens is 338 g/mol. The summed E-state index contributed by atoms with van der Waals surface area (Å²) in [6.45, 7) is 6.05. The molecule has 0 saturated carbocycles. The molecule has 1 amide bonds. The number of piperidine rings is 1. The van der Waals surface area contributed by atoms with Gasteiger partial charge in [-0.2, -0.15) is 0 Å². The van der Waals surface area contributed by atoms with Crippen molar-refractivity contribution in [1.82, 2.24) is 15.1 Å². The van der Waals surface area contributed by atoms with Gasteiger partial charge in [-0.15, -0.1) is 0 Å². The highest BCUT2D eigenvalue weighted by Crippen LogP contribution is 2.24. The average Bonchev–Trinajstić information content (AvgIpc) is 2.67. The van der Waals surface area contributed by atoms with E-state index in [1.807, 2.05) is 24.0 Å². The number of amides is 1. The largest absolute Gasteiger partial charge is 0.340 e. The molecule has 6 heteroatoms. The predicted molar refractivity (Wildman–Crippen MR) is 98.7 cm³/mol. The highest BCUT2D eigenvalue weighted by atomic mass is 35.5. The van der Waals surface area contributed by atoms with Crippen LogP contribution < -0.4 is 5.32 Å². The van der Waals surface area contributed by atoms with Crippen molar-refractivity contribution in [3.05, 3.63) is 34.9 Å². The van der Waals surface area contributed by atoms with Gasteiger partial charge in [-0.3, -0.25) is 14.5 Å². The number of benzene rings is 1. The Morgan fingerprint density at radius 3 is 2.48 bits per heavy atom. The van der Waals surface area contributed by atoms with Gasteiger partial charge >= 0.3 is 0 Å². The van der Waals surface area contributed by atoms with Gasteiger partial charge in [0.15, 0.2) is 5.78 Å². The van der Waals surface area contributed by atoms with Crippen molar-refractivity contribution < 1.29 is 9.59 Å². The first kappa shape index (κ1) is 18.4. The van der Waals surface area contributed by atoms with E-state index in [9.17, 15) is 9.59 Å². The predicted octanol–water partition coefficient (Wildman–Crippen LogP) is 2.40. The Hall–Kier alpha value is -1.43. The van der Waals surface area contributed by atoms with Crippen LogP contribution in [0.15, 0.2) is 24.3 Å². The van der Waals surface area contributed by atoms with E-state index in [0.717, 1.165) is 51.1 Å². The number of carbonyl (C=O) groups excluding carboxylic acids is 2. The van der Waals surface area contributed by atoms with Crippen LogP contribution >= 0.6 is 11.6 Å². The number of Topliss-reactive ketones (excluding diaryl/α,β-unsaturated/α-hetero) is 1. The summed E-state index contributed by atoms with van der Waals surface area (Å²) in [6, 6.07) is 7.18. The third-order valence-electron chi connectivity index (χ3n) is 5.29. The van der Waals surface area contributed by atoms with Crippen LogP contribution in [0.25, 0.3) is 0 Å². The first-order valence-corrected chi connectivity index (χ1v) is 9.51. The molecule has 0 spiro atoms. The molecule has 1 aromatic rings. The van der Waals surface area contributed by atoms with Gasteiger partial charge in [-0.25, -0.2) is 0 Å². The second-order valence-electron chi connectivity index (χ2n) is 6.83. The smallest absolute Gasteiger partial charge is 0.222 e. The molecule has 5 nitrogen and oxygen atoms in total. The number of hydrogen-bond acceptors (Lipinski definition) is 4. The zero-order valence-corrected chi connectivity index (χ0v) is 15.5. The molecule has 2 unspecified atom stereocenters. The topological polar surface area (TPSA) is 52.7 Å². The monoisotopic (exact) mass is 363 g/mol. The average molecular weight is 364 g/mol. The van der Waals surface area contributed by atoms with E-state index in [-0.39, 0.29) is 23.8 Å². The summed E-state index contributed by atoms with van der Waals surface area (Å²) in [5, 5.41) is 4.19. The number of hydrogen-bond donors (Lipinski definition) is 1. The Labute approximate surface area is 154 Å². The Kier molecular flexibility index (Phi) is 6.10. The summed E-state index contributed by atoms with van der Waals surface area (Å²) in [6.07, 6.45) is 2.48. The standard InChI is InChI=1S/C19H26ClN3O2/c1-2-18(24)23-11-9-22(10-12-23)17-13-15(7-8-21-17)19(25)14-3-5-16(20)6-4-14/h3-6,15,17,21H,2,7-13H2,1H3. The summed E-state index contributed by atoms with van der Waals surface area (Å²) >= 11 is 5.92. The molecule has 1 N–H and O–H groups in total. The number of piperazine rings is 1. The van der Waals surface area contributed by atoms with E-state index in [1.54, 1.807) is 12.1 Å². The molecule has 25 heavy (non-hydrogen) atoms. The fourth-order valence-electron chi connectivity index (χ4n) is 3.77. The first-order chi connectivity index (χ1) is 12.1. The van der Waals surface area contributed by atoms with Crippen LogP contribution in [0, 0.1) is 5.92 Å². The third kappa shape index (κ3) is 4.40. The van der Waals surface area contributed by atoms with E-state index >= 15 is 0 Å². The Morgan fingerprint density at radius 2 is 1.84 bits per heavy atom. The molecule has 2 aliphatic heterocycles.